The smallest absolute Gasteiger partial charge is 0.136 e. The number of hydrogen-bond acceptors (Lipinski definition) is 1. The molecule has 1 aliphatic rings. The molecule has 2 aromatic heterocycles. The molecule has 10 aromatic rings. The number of rotatable bonds is 3. The fourth-order valence-electron chi connectivity index (χ4n) is 8.40. The van der Waals surface area contributed by atoms with Gasteiger partial charge < -0.3 is 8.98 Å². The van der Waals surface area contributed by atoms with Gasteiger partial charge in [0.05, 0.1) is 11.0 Å². The van der Waals surface area contributed by atoms with E-state index in [1.807, 2.05) is 6.07 Å². The summed E-state index contributed by atoms with van der Waals surface area (Å²) in [6, 6.07) is 62.1. The molecule has 1 atom stereocenters. The van der Waals surface area contributed by atoms with E-state index in [-0.39, 0.29) is 5.92 Å². The summed E-state index contributed by atoms with van der Waals surface area (Å²) in [7, 11) is 0. The summed E-state index contributed by atoms with van der Waals surface area (Å²) in [5.41, 5.74) is 14.5. The molecule has 228 valence electrons. The molecular formula is C47H29NO. The standard InChI is InChI=1S/C47H29NO/c1-2-11-30(12-3-1)47-37-16-7-6-14-35(37)39-25-32(19-22-38(39)47)33-20-23-43-40(26-33)41-28-46-42(36-15-8-9-17-45(36)49-46)27-44(41)48(43)34-21-18-29-10-4-5-13-31(29)24-34/h1-28,47H. The molecule has 0 saturated heterocycles. The molecule has 2 nitrogen and oxygen atoms in total. The molecule has 0 saturated carbocycles. The highest BCUT2D eigenvalue weighted by Crippen LogP contribution is 2.49. The van der Waals surface area contributed by atoms with Crippen LogP contribution in [0.25, 0.3) is 82.5 Å². The third kappa shape index (κ3) is 3.89. The average molecular weight is 624 g/mol. The van der Waals surface area contributed by atoms with Gasteiger partial charge in [0.15, 0.2) is 0 Å². The van der Waals surface area contributed by atoms with Crippen molar-refractivity contribution in [2.24, 2.45) is 0 Å². The van der Waals surface area contributed by atoms with Crippen LogP contribution in [-0.4, -0.2) is 4.57 Å². The first-order chi connectivity index (χ1) is 24.3. The van der Waals surface area contributed by atoms with Gasteiger partial charge in [0.25, 0.3) is 0 Å². The van der Waals surface area contributed by atoms with Crippen molar-refractivity contribution >= 4 is 54.5 Å². The third-order valence-electron chi connectivity index (χ3n) is 10.6. The molecule has 0 N–H and O–H groups in total. The molecule has 49 heavy (non-hydrogen) atoms. The molecule has 8 aromatic carbocycles. The van der Waals surface area contributed by atoms with Gasteiger partial charge in [-0.25, -0.2) is 0 Å². The van der Waals surface area contributed by atoms with Gasteiger partial charge in [-0.2, -0.15) is 0 Å². The second kappa shape index (κ2) is 10.1. The number of hydrogen-bond donors (Lipinski definition) is 0. The summed E-state index contributed by atoms with van der Waals surface area (Å²) in [5, 5.41) is 7.15. The highest BCUT2D eigenvalue weighted by atomic mass is 16.3. The Bertz CT molecular complexity index is 2940. The van der Waals surface area contributed by atoms with E-state index in [0.717, 1.165) is 27.6 Å². The van der Waals surface area contributed by atoms with Crippen LogP contribution >= 0.6 is 0 Å². The van der Waals surface area contributed by atoms with Crippen LogP contribution in [0, 0.1) is 0 Å². The Hall–Kier alpha value is -6.38. The van der Waals surface area contributed by atoms with Crippen molar-refractivity contribution in [1.82, 2.24) is 4.57 Å². The maximum absolute atomic E-state index is 6.42. The Morgan fingerprint density at radius 3 is 2.08 bits per heavy atom. The second-order valence-corrected chi connectivity index (χ2v) is 13.3. The van der Waals surface area contributed by atoms with Crippen LogP contribution in [0.4, 0.5) is 0 Å². The van der Waals surface area contributed by atoms with E-state index in [4.69, 9.17) is 4.42 Å². The Morgan fingerprint density at radius 2 is 1.14 bits per heavy atom. The van der Waals surface area contributed by atoms with Crippen molar-refractivity contribution in [2.45, 2.75) is 5.92 Å². The summed E-state index contributed by atoms with van der Waals surface area (Å²) in [5.74, 6) is 0.245. The summed E-state index contributed by atoms with van der Waals surface area (Å²) in [6.07, 6.45) is 0. The maximum Gasteiger partial charge on any atom is 0.136 e. The minimum absolute atomic E-state index is 0.245. The summed E-state index contributed by atoms with van der Waals surface area (Å²) in [4.78, 5) is 0. The van der Waals surface area contributed by atoms with Gasteiger partial charge in [0.2, 0.25) is 0 Å². The van der Waals surface area contributed by atoms with E-state index < -0.39 is 0 Å². The highest BCUT2D eigenvalue weighted by molar-refractivity contribution is 6.17. The predicted molar refractivity (Wildman–Crippen MR) is 204 cm³/mol. The van der Waals surface area contributed by atoms with Crippen LogP contribution in [0.2, 0.25) is 0 Å². The Balaban J connectivity index is 1.15. The normalized spacial score (nSPS) is 13.9. The number of benzene rings is 8. The first-order valence-corrected chi connectivity index (χ1v) is 17.0. The van der Waals surface area contributed by atoms with Gasteiger partial charge in [0, 0.05) is 33.2 Å². The molecular weight excluding hydrogens is 595 g/mol. The van der Waals surface area contributed by atoms with E-state index in [1.54, 1.807) is 0 Å². The number of fused-ring (bicyclic) bond motifs is 10. The summed E-state index contributed by atoms with van der Waals surface area (Å²) >= 11 is 0. The lowest BCUT2D eigenvalue weighted by atomic mass is 9.89. The Kier molecular flexibility index (Phi) is 5.47. The van der Waals surface area contributed by atoms with Crippen LogP contribution in [-0.2, 0) is 0 Å². The lowest BCUT2D eigenvalue weighted by Gasteiger charge is -2.14. The molecule has 11 rings (SSSR count). The zero-order valence-electron chi connectivity index (χ0n) is 26.6. The Labute approximate surface area is 283 Å². The monoisotopic (exact) mass is 623 g/mol. The lowest BCUT2D eigenvalue weighted by Crippen LogP contribution is -1.98. The van der Waals surface area contributed by atoms with Crippen molar-refractivity contribution in [3.8, 4) is 27.9 Å². The minimum atomic E-state index is 0.245. The zero-order chi connectivity index (χ0) is 32.1. The largest absolute Gasteiger partial charge is 0.456 e. The van der Waals surface area contributed by atoms with E-state index in [1.165, 1.54) is 71.5 Å². The summed E-state index contributed by atoms with van der Waals surface area (Å²) < 4.78 is 8.84. The lowest BCUT2D eigenvalue weighted by molar-refractivity contribution is 0.669. The summed E-state index contributed by atoms with van der Waals surface area (Å²) in [6.45, 7) is 0. The maximum atomic E-state index is 6.42. The highest BCUT2D eigenvalue weighted by Gasteiger charge is 2.30. The zero-order valence-corrected chi connectivity index (χ0v) is 26.6. The molecule has 2 heterocycles. The minimum Gasteiger partial charge on any atom is -0.456 e. The molecule has 0 radical (unpaired) electrons. The molecule has 0 aliphatic heterocycles. The van der Waals surface area contributed by atoms with Crippen molar-refractivity contribution < 1.29 is 4.42 Å². The van der Waals surface area contributed by atoms with Gasteiger partial charge in [-0.1, -0.05) is 121 Å². The first-order valence-electron chi connectivity index (χ1n) is 17.0. The molecule has 0 fully saturated rings. The van der Waals surface area contributed by atoms with Gasteiger partial charge in [-0.15, -0.1) is 0 Å². The van der Waals surface area contributed by atoms with Crippen molar-refractivity contribution in [1.29, 1.82) is 0 Å². The van der Waals surface area contributed by atoms with Crippen LogP contribution in [0.15, 0.2) is 174 Å². The first kappa shape index (κ1) is 26.7. The van der Waals surface area contributed by atoms with Crippen LogP contribution in [0.1, 0.15) is 22.6 Å². The van der Waals surface area contributed by atoms with Crippen LogP contribution in [0.3, 0.4) is 0 Å². The topological polar surface area (TPSA) is 18.1 Å². The fourth-order valence-corrected chi connectivity index (χ4v) is 8.40. The van der Waals surface area contributed by atoms with E-state index in [9.17, 15) is 0 Å². The van der Waals surface area contributed by atoms with Gasteiger partial charge in [-0.05, 0) is 98.2 Å². The number of nitrogens with zero attached hydrogens (tertiary/aromatic N) is 1. The number of aromatic nitrogens is 1. The number of furan rings is 1. The molecule has 0 bridgehead atoms. The fraction of sp³-hybridized carbons (Fsp3) is 0.0213. The van der Waals surface area contributed by atoms with Crippen molar-refractivity contribution in [3.63, 3.8) is 0 Å². The average Bonchev–Trinajstić information content (AvgIpc) is 3.80. The van der Waals surface area contributed by atoms with Crippen molar-refractivity contribution in [3.05, 3.63) is 187 Å². The predicted octanol–water partition coefficient (Wildman–Crippen LogP) is 12.7. The molecule has 0 spiro atoms. The molecule has 0 amide bonds. The SMILES string of the molecule is c1ccc(C2c3ccccc3-c3cc(-c4ccc5c(c4)c4cc6oc7ccccc7c6cc4n5-c4ccc5ccccc5c4)ccc32)cc1. The second-order valence-electron chi connectivity index (χ2n) is 13.3. The van der Waals surface area contributed by atoms with Gasteiger partial charge in [-0.3, -0.25) is 0 Å². The molecule has 1 aliphatic carbocycles. The third-order valence-corrected chi connectivity index (χ3v) is 10.6. The molecule has 1 unspecified atom stereocenters. The van der Waals surface area contributed by atoms with E-state index in [0.29, 0.717) is 0 Å². The molecule has 2 heteroatoms. The van der Waals surface area contributed by atoms with E-state index in [2.05, 4.69) is 168 Å². The van der Waals surface area contributed by atoms with Crippen LogP contribution in [0.5, 0.6) is 0 Å². The van der Waals surface area contributed by atoms with Gasteiger partial charge >= 0.3 is 0 Å². The quantitative estimate of drug-likeness (QED) is 0.191. The van der Waals surface area contributed by atoms with Gasteiger partial charge in [0.1, 0.15) is 11.2 Å². The van der Waals surface area contributed by atoms with Crippen LogP contribution < -0.4 is 0 Å². The Morgan fingerprint density at radius 1 is 0.408 bits per heavy atom. The van der Waals surface area contributed by atoms with Crippen molar-refractivity contribution in [2.75, 3.05) is 0 Å². The van der Waals surface area contributed by atoms with E-state index >= 15 is 0 Å². The number of para-hydroxylation sites is 1.